The quantitative estimate of drug-likeness (QED) is 0.679. The Hall–Kier alpha value is -0.610. The van der Waals surface area contributed by atoms with Gasteiger partial charge in [-0.15, -0.1) is 0 Å². The molecular formula is C16H33N3O. The summed E-state index contributed by atoms with van der Waals surface area (Å²) in [4.78, 5) is 14.2. The second kappa shape index (κ2) is 10.2. The number of rotatable bonds is 9. The molecule has 0 aromatic heterocycles. The molecule has 1 unspecified atom stereocenters. The first-order valence-electron chi connectivity index (χ1n) is 8.29. The maximum Gasteiger partial charge on any atom is 0.220 e. The van der Waals surface area contributed by atoms with Gasteiger partial charge in [0.2, 0.25) is 5.91 Å². The van der Waals surface area contributed by atoms with E-state index in [-0.39, 0.29) is 5.91 Å². The third kappa shape index (κ3) is 7.25. The summed E-state index contributed by atoms with van der Waals surface area (Å²) in [5, 5.41) is 6.44. The Labute approximate surface area is 124 Å². The molecule has 0 radical (unpaired) electrons. The number of carbonyl (C=O) groups is 1. The van der Waals surface area contributed by atoms with Crippen LogP contribution in [0.1, 0.15) is 46.0 Å². The number of hydrogen-bond acceptors (Lipinski definition) is 3. The van der Waals surface area contributed by atoms with E-state index in [1.165, 1.54) is 25.7 Å². The van der Waals surface area contributed by atoms with E-state index in [1.807, 2.05) is 0 Å². The Bertz CT molecular complexity index is 264. The number of carbonyl (C=O) groups excluding carboxylic acids is 1. The fraction of sp³-hybridized carbons (Fsp3) is 0.938. The van der Waals surface area contributed by atoms with Gasteiger partial charge in [0.05, 0.1) is 0 Å². The van der Waals surface area contributed by atoms with Crippen LogP contribution in [0.15, 0.2) is 0 Å². The van der Waals surface area contributed by atoms with E-state index in [0.29, 0.717) is 18.3 Å². The predicted molar refractivity (Wildman–Crippen MR) is 84.8 cm³/mol. The number of amides is 1. The number of nitrogens with zero attached hydrogens (tertiary/aromatic N) is 1. The smallest absolute Gasteiger partial charge is 0.220 e. The maximum atomic E-state index is 11.9. The van der Waals surface area contributed by atoms with Gasteiger partial charge in [-0.3, -0.25) is 4.79 Å². The van der Waals surface area contributed by atoms with Crippen molar-refractivity contribution in [1.82, 2.24) is 15.5 Å². The van der Waals surface area contributed by atoms with Gasteiger partial charge in [-0.2, -0.15) is 0 Å². The normalized spacial score (nSPS) is 18.2. The highest BCUT2D eigenvalue weighted by Gasteiger charge is 2.21. The second-order valence-electron chi connectivity index (χ2n) is 6.28. The summed E-state index contributed by atoms with van der Waals surface area (Å²) in [6.07, 6.45) is 5.58. The summed E-state index contributed by atoms with van der Waals surface area (Å²) in [6.45, 7) is 9.50. The van der Waals surface area contributed by atoms with Crippen LogP contribution in [0.4, 0.5) is 0 Å². The summed E-state index contributed by atoms with van der Waals surface area (Å²) in [5.74, 6) is 1.45. The first-order chi connectivity index (χ1) is 9.63. The molecule has 0 aliphatic carbocycles. The molecule has 0 saturated carbocycles. The second-order valence-corrected chi connectivity index (χ2v) is 6.28. The molecule has 1 heterocycles. The summed E-state index contributed by atoms with van der Waals surface area (Å²) >= 11 is 0. The lowest BCUT2D eigenvalue weighted by molar-refractivity contribution is -0.122. The van der Waals surface area contributed by atoms with Crippen molar-refractivity contribution in [2.24, 2.45) is 11.8 Å². The Morgan fingerprint density at radius 3 is 2.70 bits per heavy atom. The third-order valence-corrected chi connectivity index (χ3v) is 4.40. The number of hydrogen-bond donors (Lipinski definition) is 2. The molecule has 0 bridgehead atoms. The number of piperidine rings is 1. The van der Waals surface area contributed by atoms with Crippen LogP contribution in [0.25, 0.3) is 0 Å². The molecule has 20 heavy (non-hydrogen) atoms. The van der Waals surface area contributed by atoms with Gasteiger partial charge in [0.15, 0.2) is 0 Å². The largest absolute Gasteiger partial charge is 0.355 e. The molecular weight excluding hydrogens is 250 g/mol. The molecule has 0 aromatic carbocycles. The fourth-order valence-electron chi connectivity index (χ4n) is 2.87. The van der Waals surface area contributed by atoms with Crippen molar-refractivity contribution in [3.05, 3.63) is 0 Å². The summed E-state index contributed by atoms with van der Waals surface area (Å²) in [7, 11) is 2.12. The Morgan fingerprint density at radius 2 is 2.05 bits per heavy atom. The van der Waals surface area contributed by atoms with E-state index in [4.69, 9.17) is 0 Å². The molecule has 4 heteroatoms. The Balaban J connectivity index is 2.09. The third-order valence-electron chi connectivity index (χ3n) is 4.40. The molecule has 0 aromatic rings. The van der Waals surface area contributed by atoms with Gasteiger partial charge in [-0.25, -0.2) is 0 Å². The van der Waals surface area contributed by atoms with Gasteiger partial charge in [0.1, 0.15) is 0 Å². The van der Waals surface area contributed by atoms with Gasteiger partial charge in [-0.05, 0) is 57.8 Å². The van der Waals surface area contributed by atoms with Gasteiger partial charge < -0.3 is 15.5 Å². The number of nitrogens with one attached hydrogen (secondary N) is 2. The van der Waals surface area contributed by atoms with Crippen LogP contribution in [0.3, 0.4) is 0 Å². The summed E-state index contributed by atoms with van der Waals surface area (Å²) in [5.41, 5.74) is 0. The molecule has 1 fully saturated rings. The van der Waals surface area contributed by atoms with Crippen LogP contribution in [0, 0.1) is 11.8 Å². The molecule has 1 saturated heterocycles. The topological polar surface area (TPSA) is 44.4 Å². The minimum absolute atomic E-state index is 0.222. The summed E-state index contributed by atoms with van der Waals surface area (Å²) in [6, 6.07) is 0. The molecule has 0 spiro atoms. The zero-order valence-electron chi connectivity index (χ0n) is 13.6. The monoisotopic (exact) mass is 283 g/mol. The average Bonchev–Trinajstić information content (AvgIpc) is 2.46. The van der Waals surface area contributed by atoms with Crippen molar-refractivity contribution >= 4 is 5.91 Å². The van der Waals surface area contributed by atoms with Crippen LogP contribution in [-0.4, -0.2) is 50.6 Å². The van der Waals surface area contributed by atoms with Crippen molar-refractivity contribution in [3.63, 3.8) is 0 Å². The number of likely N-dealkylation sites (N-methyl/N-ethyl adjacent to an activating group) is 1. The van der Waals surface area contributed by atoms with Gasteiger partial charge in [-0.1, -0.05) is 20.3 Å². The van der Waals surface area contributed by atoms with E-state index < -0.39 is 0 Å². The van der Waals surface area contributed by atoms with Crippen LogP contribution >= 0.6 is 0 Å². The van der Waals surface area contributed by atoms with Gasteiger partial charge in [0.25, 0.3) is 0 Å². The van der Waals surface area contributed by atoms with Gasteiger partial charge in [0, 0.05) is 19.5 Å². The van der Waals surface area contributed by atoms with E-state index >= 15 is 0 Å². The minimum atomic E-state index is 0.222. The molecule has 4 nitrogen and oxygen atoms in total. The lowest BCUT2D eigenvalue weighted by Crippen LogP contribution is -2.36. The number of unbranched alkanes of at least 4 members (excludes halogenated alkanes) is 1. The van der Waals surface area contributed by atoms with Crippen molar-refractivity contribution in [2.75, 3.05) is 39.8 Å². The highest BCUT2D eigenvalue weighted by atomic mass is 16.1. The molecule has 1 aliphatic rings. The van der Waals surface area contributed by atoms with Crippen molar-refractivity contribution in [3.8, 4) is 0 Å². The lowest BCUT2D eigenvalue weighted by Gasteiger charge is -2.28. The van der Waals surface area contributed by atoms with Crippen molar-refractivity contribution in [1.29, 1.82) is 0 Å². The van der Waals surface area contributed by atoms with E-state index in [0.717, 1.165) is 32.7 Å². The summed E-state index contributed by atoms with van der Waals surface area (Å²) < 4.78 is 0. The highest BCUT2D eigenvalue weighted by Crippen LogP contribution is 2.23. The Morgan fingerprint density at radius 1 is 1.35 bits per heavy atom. The fourth-order valence-corrected chi connectivity index (χ4v) is 2.87. The SMILES string of the molecule is CCCCN(C)CCNC(=O)CC(C)C1CCNCC1. The predicted octanol–water partition coefficient (Wildman–Crippen LogP) is 1.86. The first-order valence-corrected chi connectivity index (χ1v) is 8.29. The zero-order valence-corrected chi connectivity index (χ0v) is 13.6. The average molecular weight is 283 g/mol. The van der Waals surface area contributed by atoms with Crippen molar-refractivity contribution in [2.45, 2.75) is 46.0 Å². The van der Waals surface area contributed by atoms with Gasteiger partial charge >= 0.3 is 0 Å². The van der Waals surface area contributed by atoms with Crippen LogP contribution in [0.2, 0.25) is 0 Å². The molecule has 1 amide bonds. The van der Waals surface area contributed by atoms with Crippen LogP contribution < -0.4 is 10.6 Å². The van der Waals surface area contributed by atoms with E-state index in [9.17, 15) is 4.79 Å². The van der Waals surface area contributed by atoms with Crippen molar-refractivity contribution < 1.29 is 4.79 Å². The van der Waals surface area contributed by atoms with E-state index in [1.54, 1.807) is 0 Å². The lowest BCUT2D eigenvalue weighted by atomic mass is 9.84. The maximum absolute atomic E-state index is 11.9. The molecule has 118 valence electrons. The molecule has 2 N–H and O–H groups in total. The standard InChI is InChI=1S/C16H33N3O/c1-4-5-11-19(3)12-10-18-16(20)13-14(2)15-6-8-17-9-7-15/h14-15,17H,4-13H2,1-3H3,(H,18,20). The first kappa shape index (κ1) is 17.4. The zero-order chi connectivity index (χ0) is 14.8. The molecule has 1 rings (SSSR count). The van der Waals surface area contributed by atoms with E-state index in [2.05, 4.69) is 36.4 Å². The van der Waals surface area contributed by atoms with Crippen LogP contribution in [0.5, 0.6) is 0 Å². The minimum Gasteiger partial charge on any atom is -0.355 e. The molecule has 1 aliphatic heterocycles. The Kier molecular flexibility index (Phi) is 8.86. The molecule has 1 atom stereocenters. The highest BCUT2D eigenvalue weighted by molar-refractivity contribution is 5.76. The van der Waals surface area contributed by atoms with Crippen LogP contribution in [-0.2, 0) is 4.79 Å².